The second-order valence-corrected chi connectivity index (χ2v) is 8.60. The van der Waals surface area contributed by atoms with Gasteiger partial charge in [-0.25, -0.2) is 0 Å². The highest BCUT2D eigenvalue weighted by atomic mass is 79.9. The Kier molecular flexibility index (Phi) is 5.74. The van der Waals surface area contributed by atoms with Crippen molar-refractivity contribution >= 4 is 49.9 Å². The summed E-state index contributed by atoms with van der Waals surface area (Å²) < 4.78 is 0.879. The fourth-order valence-electron chi connectivity index (χ4n) is 2.67. The SMILES string of the molecule is CC(NC(=O)c1ccc(Br)s1)C(=O)NC(C)c1ccc2ccccc2c1. The highest BCUT2D eigenvalue weighted by Crippen LogP contribution is 2.22. The summed E-state index contributed by atoms with van der Waals surface area (Å²) in [6.07, 6.45) is 0. The Bertz CT molecular complexity index is 954. The van der Waals surface area contributed by atoms with Crippen LogP contribution in [0, 0.1) is 0 Å². The lowest BCUT2D eigenvalue weighted by atomic mass is 10.0. The summed E-state index contributed by atoms with van der Waals surface area (Å²) in [5.41, 5.74) is 1.03. The first-order chi connectivity index (χ1) is 12.4. The Hall–Kier alpha value is -2.18. The van der Waals surface area contributed by atoms with E-state index in [0.29, 0.717) is 4.88 Å². The van der Waals surface area contributed by atoms with Crippen molar-refractivity contribution in [3.63, 3.8) is 0 Å². The van der Waals surface area contributed by atoms with Gasteiger partial charge in [0.2, 0.25) is 5.91 Å². The van der Waals surface area contributed by atoms with E-state index in [1.807, 2.05) is 37.3 Å². The maximum absolute atomic E-state index is 12.4. The van der Waals surface area contributed by atoms with Crippen LogP contribution < -0.4 is 10.6 Å². The van der Waals surface area contributed by atoms with Gasteiger partial charge in [0.25, 0.3) is 5.91 Å². The first-order valence-corrected chi connectivity index (χ1v) is 9.90. The van der Waals surface area contributed by atoms with E-state index >= 15 is 0 Å². The Morgan fingerprint density at radius 1 is 0.962 bits per heavy atom. The molecule has 0 aliphatic carbocycles. The monoisotopic (exact) mass is 430 g/mol. The molecule has 2 amide bonds. The van der Waals surface area contributed by atoms with Gasteiger partial charge < -0.3 is 10.6 Å². The van der Waals surface area contributed by atoms with Crippen LogP contribution in [-0.2, 0) is 4.79 Å². The lowest BCUT2D eigenvalue weighted by Crippen LogP contribution is -2.45. The van der Waals surface area contributed by atoms with Crippen LogP contribution in [0.2, 0.25) is 0 Å². The molecule has 0 aliphatic rings. The minimum atomic E-state index is -0.619. The molecule has 0 spiro atoms. The van der Waals surface area contributed by atoms with Crippen LogP contribution >= 0.6 is 27.3 Å². The van der Waals surface area contributed by atoms with Crippen molar-refractivity contribution < 1.29 is 9.59 Å². The number of rotatable bonds is 5. The summed E-state index contributed by atoms with van der Waals surface area (Å²) in [7, 11) is 0. The van der Waals surface area contributed by atoms with Crippen molar-refractivity contribution in [2.24, 2.45) is 0 Å². The number of fused-ring (bicyclic) bond motifs is 1. The molecular weight excluding hydrogens is 412 g/mol. The molecule has 0 fully saturated rings. The number of amides is 2. The quantitative estimate of drug-likeness (QED) is 0.618. The van der Waals surface area contributed by atoms with Crippen LogP contribution in [0.3, 0.4) is 0 Å². The van der Waals surface area contributed by atoms with E-state index in [0.717, 1.165) is 20.1 Å². The third-order valence-electron chi connectivity index (χ3n) is 4.17. The molecule has 3 rings (SSSR count). The smallest absolute Gasteiger partial charge is 0.262 e. The van der Waals surface area contributed by atoms with Crippen LogP contribution in [-0.4, -0.2) is 17.9 Å². The minimum absolute atomic E-state index is 0.151. The maximum Gasteiger partial charge on any atom is 0.262 e. The first kappa shape index (κ1) is 18.6. The standard InChI is InChI=1S/C20H19BrN2O2S/c1-12(15-8-7-14-5-3-4-6-16(14)11-15)22-19(24)13(2)23-20(25)17-9-10-18(21)26-17/h3-13H,1-2H3,(H,22,24)(H,23,25). The Labute approximate surface area is 164 Å². The molecule has 2 aromatic carbocycles. The molecular formula is C20H19BrN2O2S. The van der Waals surface area contributed by atoms with E-state index < -0.39 is 6.04 Å². The fraction of sp³-hybridized carbons (Fsp3) is 0.200. The number of thiophene rings is 1. The van der Waals surface area contributed by atoms with Gasteiger partial charge in [0, 0.05) is 0 Å². The lowest BCUT2D eigenvalue weighted by molar-refractivity contribution is -0.123. The van der Waals surface area contributed by atoms with Gasteiger partial charge in [-0.05, 0) is 64.3 Å². The Balaban J connectivity index is 1.63. The average molecular weight is 431 g/mol. The number of benzene rings is 2. The molecule has 0 saturated heterocycles. The molecule has 0 saturated carbocycles. The second kappa shape index (κ2) is 8.01. The van der Waals surface area contributed by atoms with Crippen LogP contribution in [0.15, 0.2) is 58.4 Å². The number of halogens is 1. The third kappa shape index (κ3) is 4.31. The van der Waals surface area contributed by atoms with Gasteiger partial charge in [0.1, 0.15) is 6.04 Å². The van der Waals surface area contributed by atoms with Gasteiger partial charge in [-0.1, -0.05) is 36.4 Å². The van der Waals surface area contributed by atoms with E-state index in [2.05, 4.69) is 44.8 Å². The predicted molar refractivity (Wildman–Crippen MR) is 109 cm³/mol. The van der Waals surface area contributed by atoms with Crippen molar-refractivity contribution in [1.29, 1.82) is 0 Å². The van der Waals surface area contributed by atoms with E-state index in [1.54, 1.807) is 13.0 Å². The average Bonchev–Trinajstić information content (AvgIpc) is 3.07. The molecule has 3 aromatic rings. The van der Waals surface area contributed by atoms with Crippen molar-refractivity contribution in [3.8, 4) is 0 Å². The van der Waals surface area contributed by atoms with Gasteiger partial charge in [-0.2, -0.15) is 0 Å². The van der Waals surface area contributed by atoms with Crippen molar-refractivity contribution in [3.05, 3.63) is 68.8 Å². The lowest BCUT2D eigenvalue weighted by Gasteiger charge is -2.19. The molecule has 2 unspecified atom stereocenters. The number of hydrogen-bond acceptors (Lipinski definition) is 3. The van der Waals surface area contributed by atoms with Crippen molar-refractivity contribution in [2.45, 2.75) is 25.9 Å². The molecule has 2 atom stereocenters. The molecule has 4 nitrogen and oxygen atoms in total. The van der Waals surface area contributed by atoms with E-state index in [1.165, 1.54) is 11.3 Å². The predicted octanol–water partition coefficient (Wildman–Crippen LogP) is 4.66. The van der Waals surface area contributed by atoms with Crippen molar-refractivity contribution in [2.75, 3.05) is 0 Å². The Morgan fingerprint density at radius 3 is 2.38 bits per heavy atom. The van der Waals surface area contributed by atoms with Gasteiger partial charge in [-0.3, -0.25) is 9.59 Å². The van der Waals surface area contributed by atoms with E-state index in [4.69, 9.17) is 0 Å². The summed E-state index contributed by atoms with van der Waals surface area (Å²) in [5.74, 6) is -0.462. The van der Waals surface area contributed by atoms with Gasteiger partial charge in [0.15, 0.2) is 0 Å². The van der Waals surface area contributed by atoms with Crippen LogP contribution in [0.25, 0.3) is 10.8 Å². The van der Waals surface area contributed by atoms with E-state index in [9.17, 15) is 9.59 Å². The summed E-state index contributed by atoms with van der Waals surface area (Å²) in [4.78, 5) is 25.2. The minimum Gasteiger partial charge on any atom is -0.348 e. The molecule has 0 aliphatic heterocycles. The number of nitrogens with one attached hydrogen (secondary N) is 2. The highest BCUT2D eigenvalue weighted by molar-refractivity contribution is 9.11. The highest BCUT2D eigenvalue weighted by Gasteiger charge is 2.19. The maximum atomic E-state index is 12.4. The number of carbonyl (C=O) groups excluding carboxylic acids is 2. The third-order valence-corrected chi connectivity index (χ3v) is 5.79. The fourth-order valence-corrected chi connectivity index (χ4v) is 3.96. The van der Waals surface area contributed by atoms with Gasteiger partial charge >= 0.3 is 0 Å². The zero-order valence-corrected chi connectivity index (χ0v) is 16.9. The summed E-state index contributed by atoms with van der Waals surface area (Å²) in [6.45, 7) is 3.62. The van der Waals surface area contributed by atoms with Crippen LogP contribution in [0.5, 0.6) is 0 Å². The van der Waals surface area contributed by atoms with Crippen molar-refractivity contribution in [1.82, 2.24) is 10.6 Å². The molecule has 2 N–H and O–H groups in total. The molecule has 134 valence electrons. The number of hydrogen-bond donors (Lipinski definition) is 2. The summed E-state index contributed by atoms with van der Waals surface area (Å²) >= 11 is 4.66. The molecule has 6 heteroatoms. The van der Waals surface area contributed by atoms with Gasteiger partial charge in [0.05, 0.1) is 14.7 Å². The largest absolute Gasteiger partial charge is 0.348 e. The topological polar surface area (TPSA) is 58.2 Å². The molecule has 1 aromatic heterocycles. The van der Waals surface area contributed by atoms with E-state index in [-0.39, 0.29) is 17.9 Å². The summed E-state index contributed by atoms with van der Waals surface area (Å²) in [6, 6.07) is 17.0. The zero-order chi connectivity index (χ0) is 18.7. The second-order valence-electron chi connectivity index (χ2n) is 6.14. The first-order valence-electron chi connectivity index (χ1n) is 8.29. The normalized spacial score (nSPS) is 13.2. The molecule has 26 heavy (non-hydrogen) atoms. The Morgan fingerprint density at radius 2 is 1.69 bits per heavy atom. The molecule has 0 radical (unpaired) electrons. The molecule has 0 bridgehead atoms. The van der Waals surface area contributed by atoms with Gasteiger partial charge in [-0.15, -0.1) is 11.3 Å². The number of carbonyl (C=O) groups is 2. The van der Waals surface area contributed by atoms with Crippen LogP contribution in [0.1, 0.15) is 35.1 Å². The van der Waals surface area contributed by atoms with Crippen LogP contribution in [0.4, 0.5) is 0 Å². The zero-order valence-electron chi connectivity index (χ0n) is 14.5. The molecule has 1 heterocycles. The summed E-state index contributed by atoms with van der Waals surface area (Å²) in [5, 5.41) is 8.00.